The van der Waals surface area contributed by atoms with Crippen LogP contribution in [0, 0.1) is 0 Å². The highest BCUT2D eigenvalue weighted by Crippen LogP contribution is 2.16. The molecule has 7 heteroatoms. The predicted molar refractivity (Wildman–Crippen MR) is 69.1 cm³/mol. The summed E-state index contributed by atoms with van der Waals surface area (Å²) in [6, 6.07) is 2.99. The molecule has 100 valence electrons. The third-order valence-corrected chi connectivity index (χ3v) is 3.29. The molecule has 0 aliphatic carbocycles. The second-order valence-electron chi connectivity index (χ2n) is 3.83. The SMILES string of the molecule is CCCNC(=O)CNc1ncccc1S(C)(=O)=O. The monoisotopic (exact) mass is 271 g/mol. The lowest BCUT2D eigenvalue weighted by Gasteiger charge is -2.09. The average molecular weight is 271 g/mol. The van der Waals surface area contributed by atoms with Gasteiger partial charge in [-0.25, -0.2) is 13.4 Å². The van der Waals surface area contributed by atoms with Gasteiger partial charge >= 0.3 is 0 Å². The molecule has 0 spiro atoms. The number of sulfone groups is 1. The summed E-state index contributed by atoms with van der Waals surface area (Å²) in [5.41, 5.74) is 0. The molecule has 1 aromatic rings. The number of pyridine rings is 1. The third kappa shape index (κ3) is 4.33. The molecule has 1 heterocycles. The molecule has 0 aliphatic rings. The number of nitrogens with zero attached hydrogens (tertiary/aromatic N) is 1. The topological polar surface area (TPSA) is 88.2 Å². The van der Waals surface area contributed by atoms with Crippen LogP contribution >= 0.6 is 0 Å². The Morgan fingerprint density at radius 1 is 1.44 bits per heavy atom. The van der Waals surface area contributed by atoms with Gasteiger partial charge in [0.05, 0.1) is 6.54 Å². The van der Waals surface area contributed by atoms with Gasteiger partial charge in [-0.15, -0.1) is 0 Å². The van der Waals surface area contributed by atoms with Crippen LogP contribution in [0.15, 0.2) is 23.2 Å². The van der Waals surface area contributed by atoms with Crippen LogP contribution in [-0.4, -0.2) is 38.7 Å². The van der Waals surface area contributed by atoms with Gasteiger partial charge in [0.15, 0.2) is 9.84 Å². The van der Waals surface area contributed by atoms with Crippen molar-refractivity contribution in [3.05, 3.63) is 18.3 Å². The minimum absolute atomic E-state index is 0.000463. The number of carbonyl (C=O) groups is 1. The Bertz CT molecular complexity index is 514. The number of nitrogens with one attached hydrogen (secondary N) is 2. The summed E-state index contributed by atoms with van der Waals surface area (Å²) in [6.07, 6.45) is 3.43. The summed E-state index contributed by atoms with van der Waals surface area (Å²) >= 11 is 0. The van der Waals surface area contributed by atoms with Gasteiger partial charge in [0.25, 0.3) is 0 Å². The summed E-state index contributed by atoms with van der Waals surface area (Å²) in [5, 5.41) is 5.41. The third-order valence-electron chi connectivity index (χ3n) is 2.16. The Morgan fingerprint density at radius 3 is 2.78 bits per heavy atom. The van der Waals surface area contributed by atoms with Crippen molar-refractivity contribution in [1.29, 1.82) is 0 Å². The van der Waals surface area contributed by atoms with E-state index in [1.54, 1.807) is 6.07 Å². The van der Waals surface area contributed by atoms with Crippen LogP contribution < -0.4 is 10.6 Å². The molecule has 0 bridgehead atoms. The van der Waals surface area contributed by atoms with Gasteiger partial charge < -0.3 is 10.6 Å². The van der Waals surface area contributed by atoms with Gasteiger partial charge in [-0.05, 0) is 18.6 Å². The number of aromatic nitrogens is 1. The second kappa shape index (κ2) is 6.34. The van der Waals surface area contributed by atoms with Gasteiger partial charge in [-0.3, -0.25) is 4.79 Å². The van der Waals surface area contributed by atoms with E-state index < -0.39 is 9.84 Å². The van der Waals surface area contributed by atoms with E-state index in [1.807, 2.05) is 6.92 Å². The standard InChI is InChI=1S/C11H17N3O3S/c1-3-6-12-10(15)8-14-11-9(18(2,16)17)5-4-7-13-11/h4-5,7H,3,6,8H2,1-2H3,(H,12,15)(H,13,14). The normalized spacial score (nSPS) is 11.0. The molecule has 6 nitrogen and oxygen atoms in total. The fraction of sp³-hybridized carbons (Fsp3) is 0.455. The van der Waals surface area contributed by atoms with Gasteiger partial charge in [0.2, 0.25) is 5.91 Å². The first kappa shape index (κ1) is 14.4. The number of amides is 1. The number of carbonyl (C=O) groups excluding carboxylic acids is 1. The molecule has 1 amide bonds. The fourth-order valence-electron chi connectivity index (χ4n) is 1.31. The maximum absolute atomic E-state index is 11.5. The van der Waals surface area contributed by atoms with Gasteiger partial charge in [-0.1, -0.05) is 6.92 Å². The summed E-state index contributed by atoms with van der Waals surface area (Å²) in [5.74, 6) is 0.00797. The maximum atomic E-state index is 11.5. The van der Waals surface area contributed by atoms with E-state index >= 15 is 0 Å². The molecule has 0 unspecified atom stereocenters. The van der Waals surface area contributed by atoms with Crippen molar-refractivity contribution in [3.63, 3.8) is 0 Å². The Hall–Kier alpha value is -1.63. The van der Waals surface area contributed by atoms with Crippen molar-refractivity contribution in [1.82, 2.24) is 10.3 Å². The second-order valence-corrected chi connectivity index (χ2v) is 5.81. The lowest BCUT2D eigenvalue weighted by molar-refractivity contribution is -0.119. The van der Waals surface area contributed by atoms with Crippen molar-refractivity contribution in [2.75, 3.05) is 24.7 Å². The summed E-state index contributed by atoms with van der Waals surface area (Å²) in [6.45, 7) is 2.55. The quantitative estimate of drug-likeness (QED) is 0.783. The van der Waals surface area contributed by atoms with E-state index in [4.69, 9.17) is 0 Å². The minimum Gasteiger partial charge on any atom is -0.360 e. The molecule has 18 heavy (non-hydrogen) atoms. The molecule has 2 N–H and O–H groups in total. The largest absolute Gasteiger partial charge is 0.360 e. The number of hydrogen-bond acceptors (Lipinski definition) is 5. The molecule has 0 saturated heterocycles. The Balaban J connectivity index is 2.71. The van der Waals surface area contributed by atoms with Gasteiger partial charge in [0, 0.05) is 19.0 Å². The molecule has 0 aliphatic heterocycles. The molecule has 0 atom stereocenters. The zero-order chi connectivity index (χ0) is 13.6. The van der Waals surface area contributed by atoms with Crippen LogP contribution in [-0.2, 0) is 14.6 Å². The summed E-state index contributed by atoms with van der Waals surface area (Å²) in [7, 11) is -3.36. The summed E-state index contributed by atoms with van der Waals surface area (Å²) in [4.78, 5) is 15.4. The number of hydrogen-bond donors (Lipinski definition) is 2. The molecular weight excluding hydrogens is 254 g/mol. The Morgan fingerprint density at radius 2 is 2.17 bits per heavy atom. The van der Waals surface area contributed by atoms with Crippen LogP contribution in [0.5, 0.6) is 0 Å². The molecule has 1 aromatic heterocycles. The molecule has 1 rings (SSSR count). The van der Waals surface area contributed by atoms with Gasteiger partial charge in [-0.2, -0.15) is 0 Å². The Labute approximate surface area is 107 Å². The highest BCUT2D eigenvalue weighted by atomic mass is 32.2. The van der Waals surface area contributed by atoms with Crippen molar-refractivity contribution in [3.8, 4) is 0 Å². The zero-order valence-corrected chi connectivity index (χ0v) is 11.3. The van der Waals surface area contributed by atoms with Crippen LogP contribution in [0.2, 0.25) is 0 Å². The van der Waals surface area contributed by atoms with Crippen LogP contribution in [0.3, 0.4) is 0 Å². The number of anilines is 1. The first-order chi connectivity index (χ1) is 8.45. The first-order valence-corrected chi connectivity index (χ1v) is 7.50. The van der Waals surface area contributed by atoms with Crippen LogP contribution in [0.4, 0.5) is 5.82 Å². The molecular formula is C11H17N3O3S. The van der Waals surface area contributed by atoms with E-state index in [1.165, 1.54) is 12.3 Å². The predicted octanol–water partition coefficient (Wildman–Crippen LogP) is 0.423. The van der Waals surface area contributed by atoms with E-state index in [0.29, 0.717) is 6.54 Å². The zero-order valence-electron chi connectivity index (χ0n) is 10.4. The molecule has 0 radical (unpaired) electrons. The van der Waals surface area contributed by atoms with Crippen LogP contribution in [0.1, 0.15) is 13.3 Å². The van der Waals surface area contributed by atoms with Crippen molar-refractivity contribution < 1.29 is 13.2 Å². The highest BCUT2D eigenvalue weighted by molar-refractivity contribution is 7.90. The van der Waals surface area contributed by atoms with Crippen molar-refractivity contribution >= 4 is 21.6 Å². The minimum atomic E-state index is -3.36. The van der Waals surface area contributed by atoms with E-state index in [2.05, 4.69) is 15.6 Å². The molecule has 0 fully saturated rings. The summed E-state index contributed by atoms with van der Waals surface area (Å²) < 4.78 is 23.0. The van der Waals surface area contributed by atoms with Gasteiger partial charge in [0.1, 0.15) is 10.7 Å². The Kier molecular flexibility index (Phi) is 5.08. The van der Waals surface area contributed by atoms with E-state index in [-0.39, 0.29) is 23.2 Å². The van der Waals surface area contributed by atoms with E-state index in [9.17, 15) is 13.2 Å². The maximum Gasteiger partial charge on any atom is 0.239 e. The van der Waals surface area contributed by atoms with Crippen molar-refractivity contribution in [2.45, 2.75) is 18.2 Å². The smallest absolute Gasteiger partial charge is 0.239 e. The average Bonchev–Trinajstić information content (AvgIpc) is 2.33. The molecule has 0 saturated carbocycles. The van der Waals surface area contributed by atoms with E-state index in [0.717, 1.165) is 12.7 Å². The fourth-order valence-corrected chi connectivity index (χ4v) is 2.12. The lowest BCUT2D eigenvalue weighted by Crippen LogP contribution is -2.30. The lowest BCUT2D eigenvalue weighted by atomic mass is 10.4. The van der Waals surface area contributed by atoms with Crippen LogP contribution in [0.25, 0.3) is 0 Å². The highest BCUT2D eigenvalue weighted by Gasteiger charge is 2.14. The number of rotatable bonds is 6. The first-order valence-electron chi connectivity index (χ1n) is 5.60. The van der Waals surface area contributed by atoms with Crippen molar-refractivity contribution in [2.24, 2.45) is 0 Å². The molecule has 0 aromatic carbocycles.